The smallest absolute Gasteiger partial charge is 0.291 e. The molecule has 108 valence electrons. The fraction of sp³-hybridized carbons (Fsp3) is 0.133. The van der Waals surface area contributed by atoms with Gasteiger partial charge in [0.25, 0.3) is 5.91 Å². The van der Waals surface area contributed by atoms with E-state index in [0.717, 1.165) is 5.56 Å². The maximum absolute atomic E-state index is 11.9. The standard InChI is InChI=1S/C15H15N3O3/c1-10(17-18-11(2)19)12-5-3-6-13(9-12)16-15(20)14-7-4-8-21-14/h3-9H,1-2H3,(H,16,20)(H,18,19)/b17-10+. The summed E-state index contributed by atoms with van der Waals surface area (Å²) in [4.78, 5) is 22.7. The molecule has 0 aliphatic heterocycles. The Morgan fingerprint density at radius 2 is 1.95 bits per heavy atom. The summed E-state index contributed by atoms with van der Waals surface area (Å²) >= 11 is 0. The molecular weight excluding hydrogens is 270 g/mol. The van der Waals surface area contributed by atoms with Crippen molar-refractivity contribution in [2.45, 2.75) is 13.8 Å². The number of benzene rings is 1. The van der Waals surface area contributed by atoms with Crippen molar-refractivity contribution in [2.24, 2.45) is 5.10 Å². The largest absolute Gasteiger partial charge is 0.459 e. The summed E-state index contributed by atoms with van der Waals surface area (Å²) in [6.07, 6.45) is 1.44. The molecule has 2 amide bonds. The zero-order valence-corrected chi connectivity index (χ0v) is 11.7. The Morgan fingerprint density at radius 1 is 1.14 bits per heavy atom. The van der Waals surface area contributed by atoms with E-state index >= 15 is 0 Å². The Bertz CT molecular complexity index is 675. The average Bonchev–Trinajstić information content (AvgIpc) is 2.99. The SMILES string of the molecule is CC(=O)N/N=C(\C)c1cccc(NC(=O)c2ccco2)c1. The van der Waals surface area contributed by atoms with Crippen molar-refractivity contribution in [3.8, 4) is 0 Å². The molecule has 6 heteroatoms. The number of carbonyl (C=O) groups excluding carboxylic acids is 2. The van der Waals surface area contributed by atoms with Gasteiger partial charge < -0.3 is 9.73 Å². The number of nitrogens with one attached hydrogen (secondary N) is 2. The molecule has 2 aromatic rings. The summed E-state index contributed by atoms with van der Waals surface area (Å²) < 4.78 is 5.03. The van der Waals surface area contributed by atoms with Gasteiger partial charge in [-0.05, 0) is 36.8 Å². The molecular formula is C15H15N3O3. The molecule has 21 heavy (non-hydrogen) atoms. The van der Waals surface area contributed by atoms with Crippen molar-refractivity contribution >= 4 is 23.2 Å². The second kappa shape index (κ2) is 6.51. The van der Waals surface area contributed by atoms with E-state index in [-0.39, 0.29) is 17.6 Å². The van der Waals surface area contributed by atoms with Gasteiger partial charge in [-0.2, -0.15) is 5.10 Å². The molecule has 1 aromatic heterocycles. The third-order valence-corrected chi connectivity index (χ3v) is 2.66. The number of anilines is 1. The molecule has 0 atom stereocenters. The van der Waals surface area contributed by atoms with Crippen molar-refractivity contribution in [3.05, 3.63) is 54.0 Å². The zero-order valence-electron chi connectivity index (χ0n) is 11.7. The van der Waals surface area contributed by atoms with Gasteiger partial charge in [0.15, 0.2) is 5.76 Å². The molecule has 1 aromatic carbocycles. The predicted molar refractivity (Wildman–Crippen MR) is 79.1 cm³/mol. The van der Waals surface area contributed by atoms with Gasteiger partial charge in [-0.15, -0.1) is 0 Å². The Kier molecular flexibility index (Phi) is 4.50. The average molecular weight is 285 g/mol. The van der Waals surface area contributed by atoms with Gasteiger partial charge in [-0.3, -0.25) is 9.59 Å². The second-order valence-electron chi connectivity index (χ2n) is 4.38. The lowest BCUT2D eigenvalue weighted by Crippen LogP contribution is -2.15. The van der Waals surface area contributed by atoms with E-state index in [1.165, 1.54) is 13.2 Å². The highest BCUT2D eigenvalue weighted by molar-refractivity contribution is 6.04. The first-order chi connectivity index (χ1) is 10.1. The number of hydrogen-bond acceptors (Lipinski definition) is 4. The summed E-state index contributed by atoms with van der Waals surface area (Å²) in [5, 5.41) is 6.68. The number of hydrazone groups is 1. The Balaban J connectivity index is 2.12. The topological polar surface area (TPSA) is 83.7 Å². The van der Waals surface area contributed by atoms with E-state index in [1.807, 2.05) is 6.07 Å². The van der Waals surface area contributed by atoms with Crippen LogP contribution in [-0.2, 0) is 4.79 Å². The van der Waals surface area contributed by atoms with Gasteiger partial charge in [0, 0.05) is 12.6 Å². The molecule has 0 radical (unpaired) electrons. The molecule has 6 nitrogen and oxygen atoms in total. The van der Waals surface area contributed by atoms with Crippen LogP contribution in [0.1, 0.15) is 30.0 Å². The monoisotopic (exact) mass is 285 g/mol. The Hall–Kier alpha value is -2.89. The van der Waals surface area contributed by atoms with Crippen LogP contribution in [-0.4, -0.2) is 17.5 Å². The Morgan fingerprint density at radius 3 is 2.62 bits per heavy atom. The molecule has 0 aliphatic carbocycles. The van der Waals surface area contributed by atoms with Gasteiger partial charge in [0.2, 0.25) is 5.91 Å². The van der Waals surface area contributed by atoms with Crippen molar-refractivity contribution in [1.82, 2.24) is 5.43 Å². The minimum Gasteiger partial charge on any atom is -0.459 e. The van der Waals surface area contributed by atoms with Crippen molar-refractivity contribution < 1.29 is 14.0 Å². The van der Waals surface area contributed by atoms with E-state index in [4.69, 9.17) is 4.42 Å². The van der Waals surface area contributed by atoms with Crippen LogP contribution in [0.25, 0.3) is 0 Å². The predicted octanol–water partition coefficient (Wildman–Crippen LogP) is 2.39. The molecule has 0 unspecified atom stereocenters. The number of nitrogens with zero attached hydrogens (tertiary/aromatic N) is 1. The highest BCUT2D eigenvalue weighted by Crippen LogP contribution is 2.13. The van der Waals surface area contributed by atoms with Crippen LogP contribution >= 0.6 is 0 Å². The maximum atomic E-state index is 11.9. The molecule has 0 saturated heterocycles. The van der Waals surface area contributed by atoms with E-state index in [1.54, 1.807) is 37.3 Å². The first-order valence-corrected chi connectivity index (χ1v) is 6.32. The molecule has 2 N–H and O–H groups in total. The van der Waals surface area contributed by atoms with Crippen LogP contribution in [0.2, 0.25) is 0 Å². The van der Waals surface area contributed by atoms with Crippen molar-refractivity contribution in [2.75, 3.05) is 5.32 Å². The lowest BCUT2D eigenvalue weighted by Gasteiger charge is -2.06. The first-order valence-electron chi connectivity index (χ1n) is 6.32. The number of amides is 2. The lowest BCUT2D eigenvalue weighted by molar-refractivity contribution is -0.118. The highest BCUT2D eigenvalue weighted by atomic mass is 16.3. The number of furan rings is 1. The van der Waals surface area contributed by atoms with Crippen LogP contribution in [0.4, 0.5) is 5.69 Å². The van der Waals surface area contributed by atoms with Crippen molar-refractivity contribution in [3.63, 3.8) is 0 Å². The van der Waals surface area contributed by atoms with Crippen molar-refractivity contribution in [1.29, 1.82) is 0 Å². The van der Waals surface area contributed by atoms with Gasteiger partial charge in [-0.1, -0.05) is 12.1 Å². The third-order valence-electron chi connectivity index (χ3n) is 2.66. The minimum absolute atomic E-state index is 0.239. The van der Waals surface area contributed by atoms with Gasteiger partial charge in [0.1, 0.15) is 0 Å². The van der Waals surface area contributed by atoms with Crippen LogP contribution in [0.5, 0.6) is 0 Å². The lowest BCUT2D eigenvalue weighted by atomic mass is 10.1. The first kappa shape index (κ1) is 14.5. The fourth-order valence-electron chi connectivity index (χ4n) is 1.65. The van der Waals surface area contributed by atoms with Crippen LogP contribution in [0.15, 0.2) is 52.2 Å². The highest BCUT2D eigenvalue weighted by Gasteiger charge is 2.09. The molecule has 2 rings (SSSR count). The number of rotatable bonds is 4. The number of carbonyl (C=O) groups is 2. The van der Waals surface area contributed by atoms with E-state index < -0.39 is 0 Å². The quantitative estimate of drug-likeness (QED) is 0.668. The maximum Gasteiger partial charge on any atom is 0.291 e. The van der Waals surface area contributed by atoms with Gasteiger partial charge >= 0.3 is 0 Å². The second-order valence-corrected chi connectivity index (χ2v) is 4.38. The van der Waals surface area contributed by atoms with E-state index in [9.17, 15) is 9.59 Å². The summed E-state index contributed by atoms with van der Waals surface area (Å²) in [5.74, 6) is -0.325. The Labute approximate surface area is 121 Å². The molecule has 0 bridgehead atoms. The molecule has 0 saturated carbocycles. The number of hydrogen-bond donors (Lipinski definition) is 2. The fourth-order valence-corrected chi connectivity index (χ4v) is 1.65. The van der Waals surface area contributed by atoms with Gasteiger partial charge in [0.05, 0.1) is 12.0 Å². The third kappa shape index (κ3) is 4.04. The van der Waals surface area contributed by atoms with Gasteiger partial charge in [-0.25, -0.2) is 5.43 Å². The van der Waals surface area contributed by atoms with Crippen LogP contribution < -0.4 is 10.7 Å². The molecule has 1 heterocycles. The molecule has 0 fully saturated rings. The van der Waals surface area contributed by atoms with E-state index in [2.05, 4.69) is 15.8 Å². The van der Waals surface area contributed by atoms with Crippen LogP contribution in [0, 0.1) is 0 Å². The van der Waals surface area contributed by atoms with E-state index in [0.29, 0.717) is 11.4 Å². The summed E-state index contributed by atoms with van der Waals surface area (Å²) in [6.45, 7) is 3.15. The summed E-state index contributed by atoms with van der Waals surface area (Å²) in [6, 6.07) is 10.4. The minimum atomic E-state index is -0.325. The molecule has 0 spiro atoms. The van der Waals surface area contributed by atoms with Crippen LogP contribution in [0.3, 0.4) is 0 Å². The zero-order chi connectivity index (χ0) is 15.2. The molecule has 0 aliphatic rings. The summed E-state index contributed by atoms with van der Waals surface area (Å²) in [7, 11) is 0. The normalized spacial score (nSPS) is 11.0. The summed E-state index contributed by atoms with van der Waals surface area (Å²) in [5.41, 5.74) is 4.42.